The fraction of sp³-hybridized carbons (Fsp3) is 0.250. The number of benzene rings is 1. The first kappa shape index (κ1) is 8.27. The van der Waals surface area contributed by atoms with E-state index in [0.717, 1.165) is 4.90 Å². The fourth-order valence-electron chi connectivity index (χ4n) is 0.774. The van der Waals surface area contributed by atoms with Gasteiger partial charge in [-0.25, -0.2) is 0 Å². The van der Waals surface area contributed by atoms with Crippen molar-refractivity contribution in [1.29, 1.82) is 0 Å². The number of rotatable bonds is 2. The lowest BCUT2D eigenvalue weighted by Crippen LogP contribution is -1.91. The lowest BCUT2D eigenvalue weighted by Gasteiger charge is -2.04. The Morgan fingerprint density at radius 2 is 2.27 bits per heavy atom. The van der Waals surface area contributed by atoms with Gasteiger partial charge >= 0.3 is 0 Å². The van der Waals surface area contributed by atoms with Crippen LogP contribution in [-0.4, -0.2) is 11.7 Å². The van der Waals surface area contributed by atoms with Gasteiger partial charge in [0.2, 0.25) is 0 Å². The molecular formula is C8H10O2S. The Hall–Kier alpha value is -0.830. The van der Waals surface area contributed by atoms with E-state index in [4.69, 9.17) is 4.74 Å². The Kier molecular flexibility index (Phi) is 2.65. The zero-order chi connectivity index (χ0) is 8.27. The summed E-state index contributed by atoms with van der Waals surface area (Å²) in [6.07, 6.45) is 0. The van der Waals surface area contributed by atoms with Gasteiger partial charge in [0.1, 0.15) is 0 Å². The number of hydrogen-bond acceptors (Lipinski definition) is 3. The zero-order valence-corrected chi connectivity index (χ0v) is 7.14. The molecule has 0 aliphatic carbocycles. The molecule has 0 saturated heterocycles. The van der Waals surface area contributed by atoms with Gasteiger partial charge in [-0.15, -0.1) is 12.6 Å². The van der Waals surface area contributed by atoms with Crippen LogP contribution in [0.2, 0.25) is 0 Å². The predicted octanol–water partition coefficient (Wildman–Crippen LogP) is 2.08. The highest BCUT2D eigenvalue weighted by Crippen LogP contribution is 2.27. The van der Waals surface area contributed by atoms with Crippen molar-refractivity contribution >= 4 is 12.6 Å². The molecule has 0 bridgehead atoms. The molecule has 60 valence electrons. The van der Waals surface area contributed by atoms with Crippen LogP contribution in [0.3, 0.4) is 0 Å². The highest BCUT2D eigenvalue weighted by molar-refractivity contribution is 7.80. The van der Waals surface area contributed by atoms with Gasteiger partial charge < -0.3 is 9.84 Å². The van der Waals surface area contributed by atoms with E-state index in [0.29, 0.717) is 12.4 Å². The maximum absolute atomic E-state index is 9.21. The standard InChI is InChI=1S/C8H10O2S/c1-2-10-8-5-6(11)3-4-7(8)9/h3-5,9,11H,2H2,1H3. The number of hydrogen-bond donors (Lipinski definition) is 2. The largest absolute Gasteiger partial charge is 0.504 e. The fourth-order valence-corrected chi connectivity index (χ4v) is 0.966. The topological polar surface area (TPSA) is 29.5 Å². The van der Waals surface area contributed by atoms with Gasteiger partial charge in [0, 0.05) is 4.90 Å². The van der Waals surface area contributed by atoms with Gasteiger partial charge in [0.05, 0.1) is 6.61 Å². The molecule has 0 aliphatic rings. The molecule has 0 spiro atoms. The van der Waals surface area contributed by atoms with Crippen molar-refractivity contribution in [1.82, 2.24) is 0 Å². The van der Waals surface area contributed by atoms with Crippen LogP contribution in [0.25, 0.3) is 0 Å². The SMILES string of the molecule is CCOc1cc(S)ccc1O. The maximum Gasteiger partial charge on any atom is 0.161 e. The summed E-state index contributed by atoms with van der Waals surface area (Å²) in [4.78, 5) is 0.784. The van der Waals surface area contributed by atoms with Gasteiger partial charge in [-0.05, 0) is 25.1 Å². The molecule has 1 aromatic carbocycles. The summed E-state index contributed by atoms with van der Waals surface area (Å²) in [6, 6.07) is 4.95. The minimum atomic E-state index is 0.157. The third-order valence-corrected chi connectivity index (χ3v) is 1.52. The first-order chi connectivity index (χ1) is 5.24. The second kappa shape index (κ2) is 3.53. The van der Waals surface area contributed by atoms with Crippen LogP contribution >= 0.6 is 12.6 Å². The Balaban J connectivity index is 2.93. The van der Waals surface area contributed by atoms with Gasteiger partial charge in [-0.1, -0.05) is 0 Å². The molecule has 2 nitrogen and oxygen atoms in total. The summed E-state index contributed by atoms with van der Waals surface area (Å²) in [5.41, 5.74) is 0. The third-order valence-electron chi connectivity index (χ3n) is 1.24. The van der Waals surface area contributed by atoms with E-state index in [2.05, 4.69) is 12.6 Å². The summed E-state index contributed by atoms with van der Waals surface area (Å²) in [5, 5.41) is 9.21. The first-order valence-corrected chi connectivity index (χ1v) is 3.83. The predicted molar refractivity (Wildman–Crippen MR) is 46.5 cm³/mol. The average molecular weight is 170 g/mol. The number of phenolic OH excluding ortho intramolecular Hbond substituents is 1. The molecule has 0 unspecified atom stereocenters. The zero-order valence-electron chi connectivity index (χ0n) is 6.24. The van der Waals surface area contributed by atoms with Gasteiger partial charge in [-0.2, -0.15) is 0 Å². The summed E-state index contributed by atoms with van der Waals surface area (Å²) in [5.74, 6) is 0.643. The molecule has 1 rings (SSSR count). The van der Waals surface area contributed by atoms with E-state index in [-0.39, 0.29) is 5.75 Å². The van der Waals surface area contributed by atoms with E-state index >= 15 is 0 Å². The molecule has 0 aromatic heterocycles. The van der Waals surface area contributed by atoms with E-state index in [1.54, 1.807) is 18.2 Å². The van der Waals surface area contributed by atoms with Crippen LogP contribution in [-0.2, 0) is 0 Å². The van der Waals surface area contributed by atoms with Crippen LogP contribution < -0.4 is 4.74 Å². The van der Waals surface area contributed by atoms with Crippen LogP contribution in [0.1, 0.15) is 6.92 Å². The smallest absolute Gasteiger partial charge is 0.161 e. The summed E-state index contributed by atoms with van der Waals surface area (Å²) >= 11 is 4.10. The van der Waals surface area contributed by atoms with Crippen molar-refractivity contribution in [3.8, 4) is 11.5 Å². The minimum absolute atomic E-state index is 0.157. The molecule has 3 heteroatoms. The average Bonchev–Trinajstić information content (AvgIpc) is 1.98. The quantitative estimate of drug-likeness (QED) is 0.665. The number of phenols is 1. The van der Waals surface area contributed by atoms with Crippen LogP contribution in [0.5, 0.6) is 11.5 Å². The minimum Gasteiger partial charge on any atom is -0.504 e. The van der Waals surface area contributed by atoms with Gasteiger partial charge in [0.15, 0.2) is 11.5 Å². The van der Waals surface area contributed by atoms with E-state index in [9.17, 15) is 5.11 Å². The third kappa shape index (κ3) is 2.05. The van der Waals surface area contributed by atoms with Crippen LogP contribution in [0.15, 0.2) is 23.1 Å². The van der Waals surface area contributed by atoms with E-state index < -0.39 is 0 Å². The summed E-state index contributed by atoms with van der Waals surface area (Å²) in [6.45, 7) is 2.41. The van der Waals surface area contributed by atoms with Crippen LogP contribution in [0, 0.1) is 0 Å². The van der Waals surface area contributed by atoms with Gasteiger partial charge in [0.25, 0.3) is 0 Å². The Morgan fingerprint density at radius 3 is 2.91 bits per heavy atom. The lowest BCUT2D eigenvalue weighted by atomic mass is 10.3. The molecule has 0 fully saturated rings. The molecule has 11 heavy (non-hydrogen) atoms. The molecule has 0 atom stereocenters. The normalized spacial score (nSPS) is 9.64. The first-order valence-electron chi connectivity index (χ1n) is 3.39. The molecule has 0 aliphatic heterocycles. The highest BCUT2D eigenvalue weighted by Gasteiger charge is 1.99. The van der Waals surface area contributed by atoms with Crippen molar-refractivity contribution in [3.05, 3.63) is 18.2 Å². The Labute approximate surface area is 71.2 Å². The number of thiol groups is 1. The molecule has 0 radical (unpaired) electrons. The van der Waals surface area contributed by atoms with Gasteiger partial charge in [-0.3, -0.25) is 0 Å². The molecule has 0 amide bonds. The maximum atomic E-state index is 9.21. The number of ether oxygens (including phenoxy) is 1. The summed E-state index contributed by atoms with van der Waals surface area (Å²) in [7, 11) is 0. The van der Waals surface area contributed by atoms with E-state index in [1.807, 2.05) is 6.92 Å². The van der Waals surface area contributed by atoms with Crippen molar-refractivity contribution in [2.24, 2.45) is 0 Å². The monoisotopic (exact) mass is 170 g/mol. The van der Waals surface area contributed by atoms with Crippen molar-refractivity contribution in [3.63, 3.8) is 0 Å². The molecule has 1 aromatic rings. The Morgan fingerprint density at radius 1 is 1.55 bits per heavy atom. The van der Waals surface area contributed by atoms with Crippen LogP contribution in [0.4, 0.5) is 0 Å². The molecular weight excluding hydrogens is 160 g/mol. The molecule has 1 N–H and O–H groups in total. The number of aromatic hydroxyl groups is 1. The van der Waals surface area contributed by atoms with E-state index in [1.165, 1.54) is 0 Å². The van der Waals surface area contributed by atoms with Crippen molar-refractivity contribution < 1.29 is 9.84 Å². The second-order valence-corrected chi connectivity index (χ2v) is 2.60. The Bertz CT molecular complexity index is 248. The lowest BCUT2D eigenvalue weighted by molar-refractivity contribution is 0.317. The van der Waals surface area contributed by atoms with Crippen molar-refractivity contribution in [2.75, 3.05) is 6.61 Å². The van der Waals surface area contributed by atoms with Crippen molar-refractivity contribution in [2.45, 2.75) is 11.8 Å². The summed E-state index contributed by atoms with van der Waals surface area (Å²) < 4.78 is 5.12. The second-order valence-electron chi connectivity index (χ2n) is 2.09. The highest BCUT2D eigenvalue weighted by atomic mass is 32.1. The molecule has 0 heterocycles. The molecule has 0 saturated carbocycles.